The maximum absolute atomic E-state index is 9.03. The lowest BCUT2D eigenvalue weighted by molar-refractivity contribution is 0.932. The van der Waals surface area contributed by atoms with Crippen molar-refractivity contribution in [3.63, 3.8) is 0 Å². The average molecular weight is 344 g/mol. The van der Waals surface area contributed by atoms with Gasteiger partial charge in [0.2, 0.25) is 0 Å². The molecule has 2 aromatic rings. The zero-order valence-electron chi connectivity index (χ0n) is 17.0. The third-order valence-electron chi connectivity index (χ3n) is 6.08. The summed E-state index contributed by atoms with van der Waals surface area (Å²) in [5, 5.41) is 9.03. The van der Waals surface area contributed by atoms with E-state index in [1.807, 2.05) is 0 Å². The lowest BCUT2D eigenvalue weighted by Crippen LogP contribution is -2.12. The highest BCUT2D eigenvalue weighted by Crippen LogP contribution is 2.44. The number of hydrogen-bond acceptors (Lipinski definition) is 1. The molecular weight excluding hydrogens is 314 g/mol. The molecule has 26 heavy (non-hydrogen) atoms. The van der Waals surface area contributed by atoms with E-state index >= 15 is 0 Å². The first-order valence-electron chi connectivity index (χ1n) is 9.35. The molecule has 0 atom stereocenters. The summed E-state index contributed by atoms with van der Waals surface area (Å²) in [6, 6.07) is 12.8. The minimum absolute atomic E-state index is 0.289. The van der Waals surface area contributed by atoms with Crippen LogP contribution < -0.4 is 0 Å². The monoisotopic (exact) mass is 343 g/mol. The molecule has 2 aromatic carbocycles. The minimum atomic E-state index is 0.289. The predicted octanol–water partition coefficient (Wildman–Crippen LogP) is 6.80. The van der Waals surface area contributed by atoms with Gasteiger partial charge in [-0.1, -0.05) is 53.1 Å². The molecule has 0 aliphatic heterocycles. The first kappa shape index (κ1) is 18.4. The Hall–Kier alpha value is -2.41. The van der Waals surface area contributed by atoms with Crippen LogP contribution in [0.2, 0.25) is 0 Å². The molecule has 0 heterocycles. The third-order valence-corrected chi connectivity index (χ3v) is 6.08. The van der Waals surface area contributed by atoms with Gasteiger partial charge in [0, 0.05) is 17.0 Å². The molecule has 1 nitrogen and oxygen atoms in total. The summed E-state index contributed by atoms with van der Waals surface area (Å²) in [5.41, 5.74) is 13.3. The van der Waals surface area contributed by atoms with E-state index in [4.69, 9.17) is 5.41 Å². The molecule has 0 spiro atoms. The van der Waals surface area contributed by atoms with Crippen LogP contribution >= 0.6 is 0 Å². The third kappa shape index (κ3) is 2.86. The van der Waals surface area contributed by atoms with Crippen LogP contribution in [0.5, 0.6) is 0 Å². The van der Waals surface area contributed by atoms with E-state index in [9.17, 15) is 0 Å². The second-order valence-electron chi connectivity index (χ2n) is 7.79. The van der Waals surface area contributed by atoms with E-state index in [0.717, 1.165) is 11.1 Å². The Morgan fingerprint density at radius 3 is 1.81 bits per heavy atom. The highest BCUT2D eigenvalue weighted by molar-refractivity contribution is 6.13. The van der Waals surface area contributed by atoms with E-state index < -0.39 is 0 Å². The van der Waals surface area contributed by atoms with E-state index in [0.29, 0.717) is 5.71 Å². The van der Waals surface area contributed by atoms with Gasteiger partial charge in [-0.3, -0.25) is 5.41 Å². The number of nitrogens with one attached hydrogen (secondary N) is 1. The van der Waals surface area contributed by atoms with Gasteiger partial charge in [0.25, 0.3) is 0 Å². The summed E-state index contributed by atoms with van der Waals surface area (Å²) < 4.78 is 0. The Bertz CT molecular complexity index is 922. The van der Waals surface area contributed by atoms with Crippen molar-refractivity contribution in [2.24, 2.45) is 0 Å². The van der Waals surface area contributed by atoms with E-state index in [1.54, 1.807) is 0 Å². The summed E-state index contributed by atoms with van der Waals surface area (Å²) in [7, 11) is 0. The number of hydrogen-bond donors (Lipinski definition) is 1. The number of rotatable bonds is 3. The van der Waals surface area contributed by atoms with Crippen molar-refractivity contribution < 1.29 is 0 Å². The van der Waals surface area contributed by atoms with E-state index in [2.05, 4.69) is 84.9 Å². The maximum Gasteiger partial charge on any atom is 0.0692 e. The Balaban J connectivity index is 2.17. The molecule has 0 fully saturated rings. The van der Waals surface area contributed by atoms with Gasteiger partial charge < -0.3 is 0 Å². The SMILES string of the molecule is CC1=C(C)C(c2ccccc2C(=N)c2c(C)cc(C)cc2C)C(C)=C1C. The van der Waals surface area contributed by atoms with Crippen LogP contribution in [0, 0.1) is 26.2 Å². The molecular formula is C25H29N. The summed E-state index contributed by atoms with van der Waals surface area (Å²) in [4.78, 5) is 0. The van der Waals surface area contributed by atoms with Crippen LogP contribution in [0.25, 0.3) is 0 Å². The Morgan fingerprint density at radius 1 is 0.769 bits per heavy atom. The molecule has 0 radical (unpaired) electrons. The predicted molar refractivity (Wildman–Crippen MR) is 113 cm³/mol. The van der Waals surface area contributed by atoms with Gasteiger partial charge in [-0.2, -0.15) is 0 Å². The fourth-order valence-electron chi connectivity index (χ4n) is 4.50. The molecule has 0 bridgehead atoms. The van der Waals surface area contributed by atoms with E-state index in [-0.39, 0.29) is 5.92 Å². The van der Waals surface area contributed by atoms with Crippen molar-refractivity contribution in [2.45, 2.75) is 54.4 Å². The summed E-state index contributed by atoms with van der Waals surface area (Å²) in [5.74, 6) is 0.289. The van der Waals surface area contributed by atoms with Crippen LogP contribution in [0.15, 0.2) is 58.7 Å². The maximum atomic E-state index is 9.03. The fourth-order valence-corrected chi connectivity index (χ4v) is 4.50. The normalized spacial score (nSPS) is 15.2. The number of aryl methyl sites for hydroxylation is 3. The van der Waals surface area contributed by atoms with Crippen molar-refractivity contribution >= 4 is 5.71 Å². The van der Waals surface area contributed by atoms with Crippen molar-refractivity contribution in [3.05, 3.63) is 92.1 Å². The lowest BCUT2D eigenvalue weighted by Gasteiger charge is -2.21. The Labute approximate surface area is 158 Å². The van der Waals surface area contributed by atoms with Crippen LogP contribution in [0.4, 0.5) is 0 Å². The van der Waals surface area contributed by atoms with Gasteiger partial charge in [0.1, 0.15) is 0 Å². The van der Waals surface area contributed by atoms with Gasteiger partial charge in [-0.15, -0.1) is 0 Å². The molecule has 1 heteroatoms. The van der Waals surface area contributed by atoms with Crippen LogP contribution in [-0.4, -0.2) is 5.71 Å². The van der Waals surface area contributed by atoms with Crippen molar-refractivity contribution in [2.75, 3.05) is 0 Å². The number of allylic oxidation sites excluding steroid dienone is 4. The molecule has 0 aromatic heterocycles. The topological polar surface area (TPSA) is 23.9 Å². The molecule has 1 N–H and O–H groups in total. The largest absolute Gasteiger partial charge is 0.300 e. The van der Waals surface area contributed by atoms with Gasteiger partial charge in [0.15, 0.2) is 0 Å². The fraction of sp³-hybridized carbons (Fsp3) is 0.320. The molecule has 1 aliphatic rings. The second kappa shape index (κ2) is 6.72. The molecule has 0 amide bonds. The average Bonchev–Trinajstić information content (AvgIpc) is 2.77. The highest BCUT2D eigenvalue weighted by atomic mass is 14.4. The first-order chi connectivity index (χ1) is 12.2. The van der Waals surface area contributed by atoms with Crippen molar-refractivity contribution in [3.8, 4) is 0 Å². The quantitative estimate of drug-likeness (QED) is 0.593. The smallest absolute Gasteiger partial charge is 0.0692 e. The molecule has 0 unspecified atom stereocenters. The molecule has 3 rings (SSSR count). The molecule has 134 valence electrons. The first-order valence-corrected chi connectivity index (χ1v) is 9.35. The highest BCUT2D eigenvalue weighted by Gasteiger charge is 2.28. The minimum Gasteiger partial charge on any atom is -0.300 e. The lowest BCUT2D eigenvalue weighted by atomic mass is 9.82. The van der Waals surface area contributed by atoms with Crippen LogP contribution in [0.3, 0.4) is 0 Å². The summed E-state index contributed by atoms with van der Waals surface area (Å²) in [6.07, 6.45) is 0. The molecule has 1 aliphatic carbocycles. The zero-order valence-corrected chi connectivity index (χ0v) is 17.0. The van der Waals surface area contributed by atoms with Gasteiger partial charge in [-0.05, 0) is 76.3 Å². The van der Waals surface area contributed by atoms with E-state index in [1.165, 1.54) is 44.5 Å². The summed E-state index contributed by atoms with van der Waals surface area (Å²) in [6.45, 7) is 15.3. The summed E-state index contributed by atoms with van der Waals surface area (Å²) >= 11 is 0. The van der Waals surface area contributed by atoms with Crippen LogP contribution in [-0.2, 0) is 0 Å². The van der Waals surface area contributed by atoms with Crippen molar-refractivity contribution in [1.82, 2.24) is 0 Å². The molecule has 0 saturated carbocycles. The van der Waals surface area contributed by atoms with Crippen molar-refractivity contribution in [1.29, 1.82) is 5.41 Å². The standard InChI is InChI=1S/C25H29N/c1-14-12-15(2)23(16(3)13-14)25(26)22-11-9-8-10-21(22)24-19(6)17(4)18(5)20(24)7/h8-13,24,26H,1-7H3. The van der Waals surface area contributed by atoms with Gasteiger partial charge >= 0.3 is 0 Å². The second-order valence-corrected chi connectivity index (χ2v) is 7.79. The Kier molecular flexibility index (Phi) is 4.75. The van der Waals surface area contributed by atoms with Crippen LogP contribution in [0.1, 0.15) is 67.0 Å². The van der Waals surface area contributed by atoms with Gasteiger partial charge in [0.05, 0.1) is 5.71 Å². The molecule has 0 saturated heterocycles. The van der Waals surface area contributed by atoms with Gasteiger partial charge in [-0.25, -0.2) is 0 Å². The number of benzene rings is 2. The Morgan fingerprint density at radius 2 is 1.27 bits per heavy atom. The zero-order chi connectivity index (χ0) is 19.2.